The monoisotopic (exact) mass is 458 g/mol. The van der Waals surface area contributed by atoms with Gasteiger partial charge in [0.15, 0.2) is 5.96 Å². The standard InChI is InChI=1S/C18H26N4S.HI/c1-5-15-12-21-17(23-15)10-11-20-18(19-4)22-14(3)16-9-7-6-8-13(16)2;/h6-9,12,14H,5,10-11H2,1-4H3,(H2,19,20,22);1H. The van der Waals surface area contributed by atoms with Gasteiger partial charge in [-0.25, -0.2) is 4.98 Å². The highest BCUT2D eigenvalue weighted by atomic mass is 127. The molecule has 0 amide bonds. The Morgan fingerprint density at radius 2 is 2.08 bits per heavy atom. The number of nitrogens with one attached hydrogen (secondary N) is 2. The summed E-state index contributed by atoms with van der Waals surface area (Å²) in [6.07, 6.45) is 3.96. The van der Waals surface area contributed by atoms with Gasteiger partial charge in [0.05, 0.1) is 11.0 Å². The molecule has 1 aromatic heterocycles. The van der Waals surface area contributed by atoms with Gasteiger partial charge in [-0.1, -0.05) is 31.2 Å². The Bertz CT molecular complexity index is 654. The van der Waals surface area contributed by atoms with Crippen molar-refractivity contribution in [3.05, 3.63) is 51.5 Å². The van der Waals surface area contributed by atoms with Gasteiger partial charge in [0.25, 0.3) is 0 Å². The normalized spacial score (nSPS) is 12.4. The molecule has 132 valence electrons. The van der Waals surface area contributed by atoms with Crippen LogP contribution in [0.15, 0.2) is 35.5 Å². The number of rotatable bonds is 6. The van der Waals surface area contributed by atoms with E-state index < -0.39 is 0 Å². The highest BCUT2D eigenvalue weighted by molar-refractivity contribution is 14.0. The molecule has 1 atom stereocenters. The molecule has 2 N–H and O–H groups in total. The van der Waals surface area contributed by atoms with Gasteiger partial charge in [0.1, 0.15) is 0 Å². The molecule has 0 aliphatic heterocycles. The molecule has 0 aliphatic rings. The summed E-state index contributed by atoms with van der Waals surface area (Å²) in [5, 5.41) is 8.00. The van der Waals surface area contributed by atoms with E-state index in [0.29, 0.717) is 0 Å². The van der Waals surface area contributed by atoms with Gasteiger partial charge in [-0.15, -0.1) is 35.3 Å². The zero-order chi connectivity index (χ0) is 16.7. The Labute approximate surface area is 166 Å². The van der Waals surface area contributed by atoms with Crippen molar-refractivity contribution in [2.45, 2.75) is 39.7 Å². The van der Waals surface area contributed by atoms with Crippen LogP contribution in [-0.2, 0) is 12.8 Å². The minimum Gasteiger partial charge on any atom is -0.356 e. The predicted octanol–water partition coefficient (Wildman–Crippen LogP) is 4.10. The van der Waals surface area contributed by atoms with Gasteiger partial charge in [-0.2, -0.15) is 0 Å². The fraction of sp³-hybridized carbons (Fsp3) is 0.444. The van der Waals surface area contributed by atoms with Crippen molar-refractivity contribution in [1.82, 2.24) is 15.6 Å². The van der Waals surface area contributed by atoms with Crippen molar-refractivity contribution >= 4 is 41.3 Å². The first-order valence-corrected chi connectivity index (χ1v) is 8.92. The largest absolute Gasteiger partial charge is 0.356 e. The number of aliphatic imine (C=N–C) groups is 1. The number of aryl methyl sites for hydroxylation is 2. The minimum absolute atomic E-state index is 0. The zero-order valence-electron chi connectivity index (χ0n) is 14.8. The van der Waals surface area contributed by atoms with Crippen molar-refractivity contribution in [2.24, 2.45) is 4.99 Å². The maximum absolute atomic E-state index is 4.45. The average Bonchev–Trinajstić information content (AvgIpc) is 3.02. The second-order valence-corrected chi connectivity index (χ2v) is 6.75. The summed E-state index contributed by atoms with van der Waals surface area (Å²) in [6.45, 7) is 7.28. The van der Waals surface area contributed by atoms with Gasteiger partial charge >= 0.3 is 0 Å². The van der Waals surface area contributed by atoms with Crippen molar-refractivity contribution in [3.8, 4) is 0 Å². The van der Waals surface area contributed by atoms with E-state index in [9.17, 15) is 0 Å². The highest BCUT2D eigenvalue weighted by Crippen LogP contribution is 2.16. The molecule has 1 aromatic carbocycles. The molecule has 2 rings (SSSR count). The lowest BCUT2D eigenvalue weighted by molar-refractivity contribution is 0.680. The van der Waals surface area contributed by atoms with E-state index in [1.165, 1.54) is 21.0 Å². The Kier molecular flexibility index (Phi) is 9.28. The molecule has 0 saturated carbocycles. The van der Waals surface area contributed by atoms with Crippen LogP contribution in [0.3, 0.4) is 0 Å². The molecule has 2 aromatic rings. The molecule has 4 nitrogen and oxygen atoms in total. The number of nitrogens with zero attached hydrogens (tertiary/aromatic N) is 2. The first-order valence-electron chi connectivity index (χ1n) is 8.10. The van der Waals surface area contributed by atoms with Crippen molar-refractivity contribution in [1.29, 1.82) is 0 Å². The summed E-state index contributed by atoms with van der Waals surface area (Å²) in [6, 6.07) is 8.65. The lowest BCUT2D eigenvalue weighted by Gasteiger charge is -2.19. The van der Waals surface area contributed by atoms with Gasteiger partial charge < -0.3 is 10.6 Å². The molecule has 0 bridgehead atoms. The van der Waals surface area contributed by atoms with E-state index >= 15 is 0 Å². The van der Waals surface area contributed by atoms with Crippen LogP contribution in [0.5, 0.6) is 0 Å². The number of guanidine groups is 1. The van der Waals surface area contributed by atoms with E-state index in [4.69, 9.17) is 0 Å². The Morgan fingerprint density at radius 3 is 2.71 bits per heavy atom. The molecule has 0 fully saturated rings. The summed E-state index contributed by atoms with van der Waals surface area (Å²) in [7, 11) is 1.80. The lowest BCUT2D eigenvalue weighted by Crippen LogP contribution is -2.39. The third-order valence-corrected chi connectivity index (χ3v) is 5.01. The summed E-state index contributed by atoms with van der Waals surface area (Å²) in [5.41, 5.74) is 2.58. The molecule has 6 heteroatoms. The first kappa shape index (κ1) is 20.9. The predicted molar refractivity (Wildman–Crippen MR) is 115 cm³/mol. The summed E-state index contributed by atoms with van der Waals surface area (Å²) < 4.78 is 0. The van der Waals surface area contributed by atoms with Crippen LogP contribution in [0.2, 0.25) is 0 Å². The van der Waals surface area contributed by atoms with Crippen LogP contribution < -0.4 is 10.6 Å². The fourth-order valence-electron chi connectivity index (χ4n) is 2.46. The first-order chi connectivity index (χ1) is 11.1. The summed E-state index contributed by atoms with van der Waals surface area (Å²) >= 11 is 1.79. The van der Waals surface area contributed by atoms with Gasteiger partial charge in [-0.05, 0) is 31.4 Å². The number of halogens is 1. The third-order valence-electron chi connectivity index (χ3n) is 3.81. The van der Waals surface area contributed by atoms with Crippen LogP contribution in [0.25, 0.3) is 0 Å². The van der Waals surface area contributed by atoms with Crippen LogP contribution in [-0.4, -0.2) is 24.5 Å². The molecule has 0 radical (unpaired) electrons. The van der Waals surface area contributed by atoms with E-state index in [0.717, 1.165) is 25.3 Å². The van der Waals surface area contributed by atoms with Gasteiger partial charge in [0.2, 0.25) is 0 Å². The lowest BCUT2D eigenvalue weighted by atomic mass is 10.0. The summed E-state index contributed by atoms with van der Waals surface area (Å²) in [5.74, 6) is 0.827. The maximum atomic E-state index is 4.45. The Hall–Kier alpha value is -1.15. The van der Waals surface area contributed by atoms with E-state index in [2.05, 4.69) is 65.6 Å². The smallest absolute Gasteiger partial charge is 0.191 e. The molecule has 0 spiro atoms. The SMILES string of the molecule is CCc1cnc(CCNC(=NC)NC(C)c2ccccc2C)s1.I. The van der Waals surface area contributed by atoms with E-state index in [1.54, 1.807) is 18.4 Å². The Balaban J connectivity index is 0.00000288. The van der Waals surface area contributed by atoms with Crippen LogP contribution >= 0.6 is 35.3 Å². The van der Waals surface area contributed by atoms with Crippen LogP contribution in [0.4, 0.5) is 0 Å². The summed E-state index contributed by atoms with van der Waals surface area (Å²) in [4.78, 5) is 10.1. The molecule has 1 heterocycles. The second-order valence-electron chi connectivity index (χ2n) is 5.55. The molecular weight excluding hydrogens is 431 g/mol. The average molecular weight is 458 g/mol. The van der Waals surface area contributed by atoms with Gasteiger partial charge in [-0.3, -0.25) is 4.99 Å². The quantitative estimate of drug-likeness (QED) is 0.389. The molecule has 0 saturated heterocycles. The van der Waals surface area contributed by atoms with Crippen LogP contribution in [0.1, 0.15) is 40.9 Å². The minimum atomic E-state index is 0. The second kappa shape index (κ2) is 10.7. The maximum Gasteiger partial charge on any atom is 0.191 e. The molecule has 1 unspecified atom stereocenters. The van der Waals surface area contributed by atoms with E-state index in [-0.39, 0.29) is 30.0 Å². The van der Waals surface area contributed by atoms with Crippen molar-refractivity contribution < 1.29 is 0 Å². The van der Waals surface area contributed by atoms with Gasteiger partial charge in [0, 0.05) is 31.1 Å². The van der Waals surface area contributed by atoms with Crippen molar-refractivity contribution in [2.75, 3.05) is 13.6 Å². The van der Waals surface area contributed by atoms with E-state index in [1.807, 2.05) is 6.20 Å². The van der Waals surface area contributed by atoms with Crippen LogP contribution in [0, 0.1) is 6.92 Å². The topological polar surface area (TPSA) is 49.3 Å². The zero-order valence-corrected chi connectivity index (χ0v) is 17.9. The number of aromatic nitrogens is 1. The molecule has 0 aliphatic carbocycles. The molecule has 24 heavy (non-hydrogen) atoms. The highest BCUT2D eigenvalue weighted by Gasteiger charge is 2.09. The third kappa shape index (κ3) is 6.05. The molecular formula is C18H27IN4S. The fourth-order valence-corrected chi connectivity index (χ4v) is 3.33. The number of benzene rings is 1. The van der Waals surface area contributed by atoms with Crippen molar-refractivity contribution in [3.63, 3.8) is 0 Å². The number of hydrogen-bond acceptors (Lipinski definition) is 3. The number of thiazole rings is 1. The number of hydrogen-bond donors (Lipinski definition) is 2. The Morgan fingerprint density at radius 1 is 1.33 bits per heavy atom.